The molecule has 0 aliphatic heterocycles. The summed E-state index contributed by atoms with van der Waals surface area (Å²) in [4.78, 5) is 21.9. The predicted molar refractivity (Wildman–Crippen MR) is 65.9 cm³/mol. The van der Waals surface area contributed by atoms with E-state index in [0.29, 0.717) is 0 Å². The minimum Gasteiger partial charge on any atom is -0.459 e. The Labute approximate surface area is 107 Å². The fraction of sp³-hybridized carbons (Fsp3) is 0.400. The Kier molecular flexibility index (Phi) is 6.98. The van der Waals surface area contributed by atoms with E-state index in [-0.39, 0.29) is 22.4 Å². The standard InChI is InChI=1S/C10H13IO5/c1-6(2)9(13)15-4-8(12)5-16-10(14)7(3)11/h8,12H,1,3-5H2,2H3/t8-/m1/s1. The van der Waals surface area contributed by atoms with Gasteiger partial charge in [0, 0.05) is 5.57 Å². The quantitative estimate of drug-likeness (QED) is 0.443. The molecule has 0 rings (SSSR count). The number of aliphatic hydroxyl groups is 1. The molecular weight excluding hydrogens is 327 g/mol. The summed E-state index contributed by atoms with van der Waals surface area (Å²) < 4.78 is 9.51. The lowest BCUT2D eigenvalue weighted by atomic mass is 10.3. The monoisotopic (exact) mass is 340 g/mol. The molecule has 6 heteroatoms. The molecule has 0 saturated heterocycles. The largest absolute Gasteiger partial charge is 0.459 e. The second-order valence-corrected chi connectivity index (χ2v) is 4.34. The third kappa shape index (κ3) is 6.57. The van der Waals surface area contributed by atoms with Crippen LogP contribution in [0.5, 0.6) is 0 Å². The van der Waals surface area contributed by atoms with Crippen molar-refractivity contribution in [1.82, 2.24) is 0 Å². The molecule has 0 heterocycles. The highest BCUT2D eigenvalue weighted by Gasteiger charge is 2.12. The molecule has 0 aromatic carbocycles. The summed E-state index contributed by atoms with van der Waals surface area (Å²) in [6.45, 7) is 7.75. The van der Waals surface area contributed by atoms with Crippen LogP contribution in [-0.4, -0.2) is 36.4 Å². The number of halogens is 1. The zero-order chi connectivity index (χ0) is 12.7. The summed E-state index contributed by atoms with van der Waals surface area (Å²) in [5.74, 6) is -1.20. The number of rotatable bonds is 6. The van der Waals surface area contributed by atoms with Gasteiger partial charge in [0.15, 0.2) is 0 Å². The zero-order valence-corrected chi connectivity index (χ0v) is 11.0. The lowest BCUT2D eigenvalue weighted by molar-refractivity contribution is -0.146. The molecule has 0 aliphatic carbocycles. The van der Waals surface area contributed by atoms with Gasteiger partial charge in [-0.15, -0.1) is 0 Å². The maximum absolute atomic E-state index is 10.9. The maximum Gasteiger partial charge on any atom is 0.343 e. The predicted octanol–water partition coefficient (Wildman–Crippen LogP) is 0.959. The first-order valence-electron chi connectivity index (χ1n) is 4.36. The van der Waals surface area contributed by atoms with Crippen LogP contribution in [0.3, 0.4) is 0 Å². The first-order valence-corrected chi connectivity index (χ1v) is 5.44. The van der Waals surface area contributed by atoms with Gasteiger partial charge in [-0.3, -0.25) is 0 Å². The summed E-state index contributed by atoms with van der Waals surface area (Å²) in [7, 11) is 0. The van der Waals surface area contributed by atoms with Gasteiger partial charge >= 0.3 is 11.9 Å². The van der Waals surface area contributed by atoms with Crippen molar-refractivity contribution in [1.29, 1.82) is 0 Å². The third-order valence-corrected chi connectivity index (χ3v) is 1.82. The molecule has 1 N–H and O–H groups in total. The normalized spacial score (nSPS) is 11.4. The van der Waals surface area contributed by atoms with Gasteiger partial charge < -0.3 is 14.6 Å². The summed E-state index contributed by atoms with van der Waals surface area (Å²) in [5.41, 5.74) is 0.241. The van der Waals surface area contributed by atoms with Gasteiger partial charge in [-0.1, -0.05) is 13.2 Å². The van der Waals surface area contributed by atoms with Crippen molar-refractivity contribution < 1.29 is 24.2 Å². The molecule has 0 unspecified atom stereocenters. The second-order valence-electron chi connectivity index (χ2n) is 3.04. The Bertz CT molecular complexity index is 280. The number of carbonyl (C=O) groups excluding carboxylic acids is 2. The highest BCUT2D eigenvalue weighted by Crippen LogP contribution is 2.04. The summed E-state index contributed by atoms with van der Waals surface area (Å²) in [6, 6.07) is 0. The SMILES string of the molecule is C=C(C)C(=O)OC[C@@H](O)COC(=O)C(=C)I. The first-order chi connectivity index (χ1) is 7.34. The van der Waals surface area contributed by atoms with Crippen LogP contribution in [-0.2, 0) is 19.1 Å². The Balaban J connectivity index is 3.79. The first kappa shape index (κ1) is 15.1. The van der Waals surface area contributed by atoms with E-state index in [1.807, 2.05) is 0 Å². The molecule has 16 heavy (non-hydrogen) atoms. The van der Waals surface area contributed by atoms with Crippen LogP contribution < -0.4 is 0 Å². The van der Waals surface area contributed by atoms with Crippen molar-refractivity contribution in [3.8, 4) is 0 Å². The van der Waals surface area contributed by atoms with E-state index in [9.17, 15) is 14.7 Å². The number of carbonyl (C=O) groups is 2. The average molecular weight is 340 g/mol. The molecule has 0 bridgehead atoms. The van der Waals surface area contributed by atoms with Crippen LogP contribution in [0, 0.1) is 0 Å². The van der Waals surface area contributed by atoms with Crippen molar-refractivity contribution in [2.24, 2.45) is 0 Å². The van der Waals surface area contributed by atoms with Crippen molar-refractivity contribution in [2.45, 2.75) is 13.0 Å². The molecule has 0 aromatic heterocycles. The third-order valence-electron chi connectivity index (χ3n) is 1.38. The summed E-state index contributed by atoms with van der Waals surface area (Å²) in [6.07, 6.45) is -1.05. The molecular formula is C10H13IO5. The lowest BCUT2D eigenvalue weighted by Crippen LogP contribution is -2.25. The van der Waals surface area contributed by atoms with Crippen LogP contribution in [0.1, 0.15) is 6.92 Å². The minimum atomic E-state index is -1.05. The molecule has 0 aliphatic rings. The van der Waals surface area contributed by atoms with E-state index in [2.05, 4.69) is 22.6 Å². The Hall–Kier alpha value is -0.890. The van der Waals surface area contributed by atoms with Crippen molar-refractivity contribution >= 4 is 34.5 Å². The van der Waals surface area contributed by atoms with Crippen molar-refractivity contribution in [2.75, 3.05) is 13.2 Å². The van der Waals surface area contributed by atoms with E-state index in [1.165, 1.54) is 6.92 Å². The van der Waals surface area contributed by atoms with Gasteiger partial charge in [0.2, 0.25) is 0 Å². The molecule has 90 valence electrons. The fourth-order valence-corrected chi connectivity index (χ4v) is 0.749. The van der Waals surface area contributed by atoms with Gasteiger partial charge in [0.25, 0.3) is 0 Å². The second kappa shape index (κ2) is 7.39. The molecule has 0 radical (unpaired) electrons. The van der Waals surface area contributed by atoms with E-state index in [0.717, 1.165) is 0 Å². The molecule has 0 amide bonds. The number of aliphatic hydroxyl groups excluding tert-OH is 1. The van der Waals surface area contributed by atoms with Crippen molar-refractivity contribution in [3.05, 3.63) is 22.3 Å². The Morgan fingerprint density at radius 3 is 2.06 bits per heavy atom. The smallest absolute Gasteiger partial charge is 0.343 e. The van der Waals surface area contributed by atoms with Gasteiger partial charge in [-0.05, 0) is 29.5 Å². The van der Waals surface area contributed by atoms with Gasteiger partial charge in [0.05, 0.1) is 3.58 Å². The van der Waals surface area contributed by atoms with Crippen LogP contribution in [0.4, 0.5) is 0 Å². The van der Waals surface area contributed by atoms with Crippen LogP contribution >= 0.6 is 22.6 Å². The van der Waals surface area contributed by atoms with E-state index in [1.54, 1.807) is 22.6 Å². The summed E-state index contributed by atoms with van der Waals surface area (Å²) in [5, 5.41) is 9.29. The molecule has 0 saturated carbocycles. The number of hydrogen-bond acceptors (Lipinski definition) is 5. The molecule has 0 fully saturated rings. The van der Waals surface area contributed by atoms with Crippen LogP contribution in [0.2, 0.25) is 0 Å². The van der Waals surface area contributed by atoms with Crippen LogP contribution in [0.25, 0.3) is 0 Å². The highest BCUT2D eigenvalue weighted by molar-refractivity contribution is 14.1. The molecule has 5 nitrogen and oxygen atoms in total. The number of esters is 2. The van der Waals surface area contributed by atoms with E-state index >= 15 is 0 Å². The molecule has 0 spiro atoms. The molecule has 0 aromatic rings. The summed E-state index contributed by atoms with van der Waals surface area (Å²) >= 11 is 1.71. The number of ether oxygens (including phenoxy) is 2. The van der Waals surface area contributed by atoms with Crippen LogP contribution in [0.15, 0.2) is 22.3 Å². The van der Waals surface area contributed by atoms with Gasteiger partial charge in [0.1, 0.15) is 19.3 Å². The van der Waals surface area contributed by atoms with Crippen molar-refractivity contribution in [3.63, 3.8) is 0 Å². The van der Waals surface area contributed by atoms with Gasteiger partial charge in [-0.25, -0.2) is 9.59 Å². The zero-order valence-electron chi connectivity index (χ0n) is 8.86. The average Bonchev–Trinajstić information content (AvgIpc) is 2.21. The molecule has 1 atom stereocenters. The Morgan fingerprint density at radius 1 is 1.25 bits per heavy atom. The maximum atomic E-state index is 10.9. The van der Waals surface area contributed by atoms with E-state index < -0.39 is 18.0 Å². The fourth-order valence-electron chi connectivity index (χ4n) is 0.593. The highest BCUT2D eigenvalue weighted by atomic mass is 127. The number of hydrogen-bond donors (Lipinski definition) is 1. The Morgan fingerprint density at radius 2 is 1.69 bits per heavy atom. The minimum absolute atomic E-state index is 0.212. The van der Waals surface area contributed by atoms with E-state index in [4.69, 9.17) is 0 Å². The van der Waals surface area contributed by atoms with Gasteiger partial charge in [-0.2, -0.15) is 0 Å². The lowest BCUT2D eigenvalue weighted by Gasteiger charge is -2.11. The topological polar surface area (TPSA) is 72.8 Å².